The van der Waals surface area contributed by atoms with Crippen LogP contribution in [0.5, 0.6) is 0 Å². The maximum atomic E-state index is 12.6. The number of rotatable bonds is 31. The first-order valence-corrected chi connectivity index (χ1v) is 18.2. The average Bonchev–Trinajstić information content (AvgIpc) is 3.01. The average molecular weight is 663 g/mol. The van der Waals surface area contributed by atoms with Gasteiger partial charge >= 0.3 is 17.9 Å². The first-order chi connectivity index (χ1) is 22.6. The van der Waals surface area contributed by atoms with Crippen molar-refractivity contribution in [2.75, 3.05) is 41.0 Å². The van der Waals surface area contributed by atoms with E-state index >= 15 is 0 Å². The predicted octanol–water partition coefficient (Wildman–Crippen LogP) is 8.90. The highest BCUT2D eigenvalue weighted by molar-refractivity contribution is 5.72. The summed E-state index contributed by atoms with van der Waals surface area (Å²) in [5.41, 5.74) is 0. The van der Waals surface area contributed by atoms with E-state index < -0.39 is 18.1 Å². The van der Waals surface area contributed by atoms with Crippen LogP contribution in [0.1, 0.15) is 129 Å². The number of hydrogen-bond acceptors (Lipinski definition) is 6. The number of allylic oxidation sites excluding steroid dienone is 8. The van der Waals surface area contributed by atoms with Crippen LogP contribution in [0.2, 0.25) is 0 Å². The van der Waals surface area contributed by atoms with Gasteiger partial charge in [0.25, 0.3) is 0 Å². The third-order valence-corrected chi connectivity index (χ3v) is 7.74. The van der Waals surface area contributed by atoms with Crippen molar-refractivity contribution < 1.29 is 38.2 Å². The van der Waals surface area contributed by atoms with Crippen LogP contribution < -0.4 is 0 Å². The molecule has 0 saturated heterocycles. The standard InChI is InChI=1S/C39H67NO7/c1-6-8-10-12-14-15-16-17-18-19-20-21-22-24-26-28-30-38(42)47-35(33-45-32-31-36(39(43)44)40(3,4)5)34-46-37(41)29-27-25-23-13-11-9-7-2/h8,10,14-15,17-18,20-21,35-36H,6-7,9,11-13,16,19,22-34H2,1-5H3/p+1/b10-8+,15-14+,18-17+,21-20+. The third-order valence-electron chi connectivity index (χ3n) is 7.74. The number of ether oxygens (including phenoxy) is 3. The van der Waals surface area contributed by atoms with E-state index in [0.717, 1.165) is 70.6 Å². The van der Waals surface area contributed by atoms with Crippen LogP contribution in [0.3, 0.4) is 0 Å². The van der Waals surface area contributed by atoms with E-state index in [1.165, 1.54) is 25.7 Å². The van der Waals surface area contributed by atoms with Crippen molar-refractivity contribution >= 4 is 17.9 Å². The Balaban J connectivity index is 4.48. The zero-order valence-corrected chi connectivity index (χ0v) is 30.5. The third kappa shape index (κ3) is 29.2. The number of likely N-dealkylation sites (N-methyl/N-ethyl adjacent to an activating group) is 1. The lowest BCUT2D eigenvalue weighted by molar-refractivity contribution is -0.887. The van der Waals surface area contributed by atoms with E-state index in [2.05, 4.69) is 62.5 Å². The highest BCUT2D eigenvalue weighted by atomic mass is 16.6. The van der Waals surface area contributed by atoms with E-state index in [9.17, 15) is 19.5 Å². The van der Waals surface area contributed by atoms with Gasteiger partial charge in [0.05, 0.1) is 34.4 Å². The van der Waals surface area contributed by atoms with Crippen LogP contribution in [0.15, 0.2) is 48.6 Å². The van der Waals surface area contributed by atoms with Crippen LogP contribution >= 0.6 is 0 Å². The van der Waals surface area contributed by atoms with E-state index in [1.807, 2.05) is 21.1 Å². The molecule has 0 aromatic heterocycles. The molecule has 0 aliphatic heterocycles. The second-order valence-electron chi connectivity index (χ2n) is 13.1. The van der Waals surface area contributed by atoms with Gasteiger partial charge in [-0.25, -0.2) is 4.79 Å². The Kier molecular flexibility index (Phi) is 28.8. The van der Waals surface area contributed by atoms with Crippen LogP contribution in [0.25, 0.3) is 0 Å². The molecule has 0 bridgehead atoms. The summed E-state index contributed by atoms with van der Waals surface area (Å²) in [6.07, 6.45) is 33.1. The molecule has 270 valence electrons. The van der Waals surface area contributed by atoms with Crippen LogP contribution in [-0.4, -0.2) is 80.6 Å². The van der Waals surface area contributed by atoms with Gasteiger partial charge in [-0.2, -0.15) is 0 Å². The van der Waals surface area contributed by atoms with Crippen LogP contribution in [0.4, 0.5) is 0 Å². The van der Waals surface area contributed by atoms with Crippen molar-refractivity contribution in [3.05, 3.63) is 48.6 Å². The van der Waals surface area contributed by atoms with Gasteiger partial charge in [-0.05, 0) is 51.4 Å². The van der Waals surface area contributed by atoms with Crippen molar-refractivity contribution in [3.8, 4) is 0 Å². The first-order valence-electron chi connectivity index (χ1n) is 18.2. The molecule has 0 radical (unpaired) electrons. The minimum atomic E-state index is -0.884. The molecule has 0 aliphatic rings. The molecule has 2 unspecified atom stereocenters. The minimum absolute atomic E-state index is 0.0474. The van der Waals surface area contributed by atoms with E-state index in [4.69, 9.17) is 14.2 Å². The first kappa shape index (κ1) is 44.3. The second-order valence-corrected chi connectivity index (χ2v) is 13.1. The molecular formula is C39H68NO7+. The summed E-state index contributed by atoms with van der Waals surface area (Å²) >= 11 is 0. The molecule has 0 heterocycles. The molecule has 0 amide bonds. The van der Waals surface area contributed by atoms with Gasteiger partial charge in [0.2, 0.25) is 0 Å². The van der Waals surface area contributed by atoms with Crippen molar-refractivity contribution in [2.24, 2.45) is 0 Å². The zero-order valence-electron chi connectivity index (χ0n) is 30.5. The van der Waals surface area contributed by atoms with Gasteiger partial charge in [-0.15, -0.1) is 0 Å². The van der Waals surface area contributed by atoms with Crippen molar-refractivity contribution in [1.82, 2.24) is 0 Å². The lowest BCUT2D eigenvalue weighted by Crippen LogP contribution is -2.50. The van der Waals surface area contributed by atoms with Crippen molar-refractivity contribution in [2.45, 2.75) is 142 Å². The summed E-state index contributed by atoms with van der Waals surface area (Å²) in [4.78, 5) is 36.6. The Morgan fingerprint density at radius 2 is 1.19 bits per heavy atom. The molecular weight excluding hydrogens is 594 g/mol. The molecule has 8 nitrogen and oxygen atoms in total. The number of aliphatic carboxylic acids is 1. The number of carbonyl (C=O) groups excluding carboxylic acids is 2. The fourth-order valence-electron chi connectivity index (χ4n) is 4.90. The molecule has 2 atom stereocenters. The summed E-state index contributed by atoms with van der Waals surface area (Å²) in [5.74, 6) is -1.52. The van der Waals surface area contributed by atoms with Gasteiger partial charge in [-0.3, -0.25) is 9.59 Å². The summed E-state index contributed by atoms with van der Waals surface area (Å²) < 4.78 is 17.1. The van der Waals surface area contributed by atoms with Crippen molar-refractivity contribution in [1.29, 1.82) is 0 Å². The monoisotopic (exact) mass is 662 g/mol. The topological polar surface area (TPSA) is 99.1 Å². The second kappa shape index (κ2) is 30.6. The van der Waals surface area contributed by atoms with E-state index in [1.54, 1.807) is 0 Å². The molecule has 0 aromatic carbocycles. The quantitative estimate of drug-likeness (QED) is 0.0343. The molecule has 1 N–H and O–H groups in total. The lowest BCUT2D eigenvalue weighted by atomic mass is 10.1. The molecule has 0 fully saturated rings. The summed E-state index contributed by atoms with van der Waals surface area (Å²) in [7, 11) is 5.49. The van der Waals surface area contributed by atoms with Gasteiger partial charge in [0.1, 0.15) is 6.61 Å². The zero-order chi connectivity index (χ0) is 35.0. The maximum absolute atomic E-state index is 12.6. The highest BCUT2D eigenvalue weighted by Gasteiger charge is 2.31. The summed E-state index contributed by atoms with van der Waals surface area (Å²) in [6.45, 7) is 4.51. The number of quaternary nitrogens is 1. The Bertz CT molecular complexity index is 917. The Hall–Kier alpha value is -2.71. The van der Waals surface area contributed by atoms with Gasteiger partial charge in [0.15, 0.2) is 12.1 Å². The Labute approximate surface area is 286 Å². The van der Waals surface area contributed by atoms with Crippen LogP contribution in [-0.2, 0) is 28.6 Å². The molecule has 0 aliphatic carbocycles. The largest absolute Gasteiger partial charge is 0.477 e. The Morgan fingerprint density at radius 1 is 0.660 bits per heavy atom. The van der Waals surface area contributed by atoms with Gasteiger partial charge in [0, 0.05) is 19.3 Å². The highest BCUT2D eigenvalue weighted by Crippen LogP contribution is 2.12. The molecule has 8 heteroatoms. The number of carboxylic acids is 1. The smallest absolute Gasteiger partial charge is 0.362 e. The number of esters is 2. The van der Waals surface area contributed by atoms with E-state index in [-0.39, 0.29) is 36.2 Å². The predicted molar refractivity (Wildman–Crippen MR) is 192 cm³/mol. The number of unbranched alkanes of at least 4 members (excludes halogenated alkanes) is 9. The molecule has 47 heavy (non-hydrogen) atoms. The molecule has 0 aromatic rings. The number of carbonyl (C=O) groups is 3. The molecule has 0 saturated carbocycles. The number of nitrogens with zero attached hydrogens (tertiary/aromatic N) is 1. The number of carboxylic acid groups (broad SMARTS) is 1. The van der Waals surface area contributed by atoms with Gasteiger partial charge < -0.3 is 23.8 Å². The number of hydrogen-bond donors (Lipinski definition) is 1. The fourth-order valence-corrected chi connectivity index (χ4v) is 4.90. The lowest BCUT2D eigenvalue weighted by Gasteiger charge is -2.31. The Morgan fingerprint density at radius 3 is 1.77 bits per heavy atom. The van der Waals surface area contributed by atoms with Crippen LogP contribution in [0, 0.1) is 0 Å². The van der Waals surface area contributed by atoms with Crippen molar-refractivity contribution in [3.63, 3.8) is 0 Å². The molecule has 0 rings (SSSR count). The summed E-state index contributed by atoms with van der Waals surface area (Å²) in [6, 6.07) is -0.618. The minimum Gasteiger partial charge on any atom is -0.477 e. The fraction of sp³-hybridized carbons (Fsp3) is 0.718. The van der Waals surface area contributed by atoms with E-state index in [0.29, 0.717) is 19.3 Å². The maximum Gasteiger partial charge on any atom is 0.362 e. The summed E-state index contributed by atoms with van der Waals surface area (Å²) in [5, 5.41) is 9.55. The normalized spacial score (nSPS) is 13.6. The SMILES string of the molecule is CC/C=C/C/C=C/C/C=C/C/C=C/CCCCCC(=O)OC(COCCC(C(=O)O)[N+](C)(C)C)COC(=O)CCCCCCCCC. The molecule has 0 spiro atoms. The van der Waals surface area contributed by atoms with Gasteiger partial charge in [-0.1, -0.05) is 107 Å².